The number of aromatic nitrogens is 1. The van der Waals surface area contributed by atoms with E-state index in [9.17, 15) is 17.6 Å². The molecule has 1 heterocycles. The molecule has 0 unspecified atom stereocenters. The summed E-state index contributed by atoms with van der Waals surface area (Å²) in [6, 6.07) is 1.98. The fourth-order valence-electron chi connectivity index (χ4n) is 0.885. The molecule has 0 aliphatic carbocycles. The summed E-state index contributed by atoms with van der Waals surface area (Å²) in [5.74, 6) is -0.935. The highest BCUT2D eigenvalue weighted by atomic mass is 79.9. The fraction of sp³-hybridized carbons (Fsp3) is 0.111. The molecule has 0 spiro atoms. The van der Waals surface area contributed by atoms with Gasteiger partial charge in [0, 0.05) is 18.1 Å². The Morgan fingerprint density at radius 3 is 2.65 bits per heavy atom. The molecule has 17 heavy (non-hydrogen) atoms. The van der Waals surface area contributed by atoms with E-state index in [-0.39, 0.29) is 5.69 Å². The number of nitrogens with one attached hydrogen (secondary N) is 2. The fourth-order valence-corrected chi connectivity index (χ4v) is 1.000. The lowest BCUT2D eigenvalue weighted by Gasteiger charge is -2.07. The SMILES string of the molecule is N=C(Br)/C(F)=C\Nc1ccnc(C(F)(F)F)c1. The van der Waals surface area contributed by atoms with Gasteiger partial charge in [0.25, 0.3) is 0 Å². The Hall–Kier alpha value is -1.44. The van der Waals surface area contributed by atoms with E-state index < -0.39 is 22.3 Å². The van der Waals surface area contributed by atoms with Crippen molar-refractivity contribution in [1.29, 1.82) is 5.41 Å². The molecule has 2 N–H and O–H groups in total. The predicted molar refractivity (Wildman–Crippen MR) is 58.7 cm³/mol. The second kappa shape index (κ2) is 5.26. The van der Waals surface area contributed by atoms with E-state index in [4.69, 9.17) is 5.41 Å². The lowest BCUT2D eigenvalue weighted by molar-refractivity contribution is -0.141. The third-order valence-corrected chi connectivity index (χ3v) is 2.00. The van der Waals surface area contributed by atoms with Gasteiger partial charge >= 0.3 is 6.18 Å². The molecule has 0 fully saturated rings. The molecule has 0 amide bonds. The van der Waals surface area contributed by atoms with Gasteiger partial charge in [-0.05, 0) is 28.1 Å². The van der Waals surface area contributed by atoms with Gasteiger partial charge in [0.05, 0.1) is 0 Å². The number of halogens is 5. The summed E-state index contributed by atoms with van der Waals surface area (Å²) in [5.41, 5.74) is -1.05. The van der Waals surface area contributed by atoms with Crippen molar-refractivity contribution < 1.29 is 17.6 Å². The van der Waals surface area contributed by atoms with E-state index in [1.165, 1.54) is 6.07 Å². The molecule has 3 nitrogen and oxygen atoms in total. The summed E-state index contributed by atoms with van der Waals surface area (Å²) in [7, 11) is 0. The van der Waals surface area contributed by atoms with Crippen molar-refractivity contribution in [3.05, 3.63) is 36.1 Å². The Kier molecular flexibility index (Phi) is 4.22. The minimum Gasteiger partial charge on any atom is -0.359 e. The third kappa shape index (κ3) is 4.14. The maximum Gasteiger partial charge on any atom is 0.433 e. The quantitative estimate of drug-likeness (QED) is 0.660. The monoisotopic (exact) mass is 311 g/mol. The molecular formula is C9H6BrF4N3. The largest absolute Gasteiger partial charge is 0.433 e. The van der Waals surface area contributed by atoms with Crippen molar-refractivity contribution in [3.63, 3.8) is 0 Å². The lowest BCUT2D eigenvalue weighted by Crippen LogP contribution is -2.08. The minimum absolute atomic E-state index is 0.0243. The van der Waals surface area contributed by atoms with Crippen LogP contribution in [0, 0.1) is 5.41 Å². The number of allylic oxidation sites excluding steroid dienone is 1. The predicted octanol–water partition coefficient (Wildman–Crippen LogP) is 3.70. The van der Waals surface area contributed by atoms with Crippen LogP contribution in [-0.4, -0.2) is 9.60 Å². The molecule has 0 aliphatic heterocycles. The lowest BCUT2D eigenvalue weighted by atomic mass is 10.3. The second-order valence-corrected chi connectivity index (χ2v) is 3.67. The highest BCUT2D eigenvalue weighted by Gasteiger charge is 2.32. The summed E-state index contributed by atoms with van der Waals surface area (Å²) in [6.45, 7) is 0. The topological polar surface area (TPSA) is 48.8 Å². The van der Waals surface area contributed by atoms with Gasteiger partial charge in [0.1, 0.15) is 10.3 Å². The van der Waals surface area contributed by atoms with Gasteiger partial charge in [-0.2, -0.15) is 13.2 Å². The Morgan fingerprint density at radius 2 is 2.12 bits per heavy atom. The molecular weight excluding hydrogens is 306 g/mol. The van der Waals surface area contributed by atoms with Crippen LogP contribution in [0.4, 0.5) is 23.2 Å². The van der Waals surface area contributed by atoms with Crippen LogP contribution in [0.5, 0.6) is 0 Å². The summed E-state index contributed by atoms with van der Waals surface area (Å²) in [4.78, 5) is 3.14. The number of rotatable bonds is 3. The van der Waals surface area contributed by atoms with Gasteiger partial charge < -0.3 is 5.32 Å². The summed E-state index contributed by atoms with van der Waals surface area (Å²) < 4.78 is 49.2. The molecule has 0 bridgehead atoms. The second-order valence-electron chi connectivity index (χ2n) is 2.88. The summed E-state index contributed by atoms with van der Waals surface area (Å²) >= 11 is 2.57. The van der Waals surface area contributed by atoms with Gasteiger partial charge in [-0.3, -0.25) is 10.4 Å². The van der Waals surface area contributed by atoms with Gasteiger partial charge in [-0.1, -0.05) is 0 Å². The van der Waals surface area contributed by atoms with E-state index in [1.807, 2.05) is 0 Å². The van der Waals surface area contributed by atoms with E-state index in [1.54, 1.807) is 0 Å². The van der Waals surface area contributed by atoms with E-state index in [0.717, 1.165) is 18.5 Å². The van der Waals surface area contributed by atoms with Crippen molar-refractivity contribution in [2.45, 2.75) is 6.18 Å². The van der Waals surface area contributed by atoms with Crippen molar-refractivity contribution in [2.24, 2.45) is 0 Å². The minimum atomic E-state index is -4.55. The normalized spacial score (nSPS) is 12.4. The first kappa shape index (κ1) is 13.6. The molecule has 8 heteroatoms. The van der Waals surface area contributed by atoms with Crippen LogP contribution in [0.15, 0.2) is 30.4 Å². The molecule has 1 rings (SSSR count). The molecule has 0 aromatic carbocycles. The first-order chi connectivity index (χ1) is 7.80. The van der Waals surface area contributed by atoms with E-state index in [2.05, 4.69) is 26.2 Å². The van der Waals surface area contributed by atoms with Gasteiger partial charge in [0.2, 0.25) is 0 Å². The molecule has 1 aromatic heterocycles. The number of hydrogen-bond acceptors (Lipinski definition) is 3. The third-order valence-electron chi connectivity index (χ3n) is 1.63. The standard InChI is InChI=1S/C9H6BrF4N3/c10-8(15)6(11)4-17-5-1-2-16-7(3-5)9(12,13)14/h1-4,15H,(H,16,17)/b6-4+,15-8?. The molecule has 0 saturated heterocycles. The first-order valence-corrected chi connectivity index (χ1v) is 5.00. The van der Waals surface area contributed by atoms with Crippen LogP contribution in [0.25, 0.3) is 0 Å². The zero-order valence-electron chi connectivity index (χ0n) is 8.15. The smallest absolute Gasteiger partial charge is 0.359 e. The average Bonchev–Trinajstić information content (AvgIpc) is 2.25. The van der Waals surface area contributed by atoms with Crippen molar-refractivity contribution in [2.75, 3.05) is 5.32 Å². The van der Waals surface area contributed by atoms with Crippen LogP contribution < -0.4 is 5.32 Å². The Balaban J connectivity index is 2.87. The number of pyridine rings is 1. The highest BCUT2D eigenvalue weighted by molar-refractivity contribution is 9.18. The molecule has 0 atom stereocenters. The zero-order valence-corrected chi connectivity index (χ0v) is 9.73. The number of anilines is 1. The van der Waals surface area contributed by atoms with Crippen molar-refractivity contribution in [3.8, 4) is 0 Å². The molecule has 92 valence electrons. The molecule has 1 aromatic rings. The van der Waals surface area contributed by atoms with Crippen LogP contribution in [0.2, 0.25) is 0 Å². The van der Waals surface area contributed by atoms with E-state index in [0.29, 0.717) is 0 Å². The number of nitrogens with zero attached hydrogens (tertiary/aromatic N) is 1. The van der Waals surface area contributed by atoms with Crippen LogP contribution in [0.1, 0.15) is 5.69 Å². The summed E-state index contributed by atoms with van der Waals surface area (Å²) in [5, 5.41) is 9.14. The maximum absolute atomic E-state index is 12.8. The number of hydrogen-bond donors (Lipinski definition) is 2. The number of alkyl halides is 3. The highest BCUT2D eigenvalue weighted by Crippen LogP contribution is 2.28. The van der Waals surface area contributed by atoms with Gasteiger partial charge in [0.15, 0.2) is 5.83 Å². The Morgan fingerprint density at radius 1 is 1.47 bits per heavy atom. The van der Waals surface area contributed by atoms with Gasteiger partial charge in [-0.15, -0.1) is 0 Å². The Labute approximate surface area is 102 Å². The zero-order chi connectivity index (χ0) is 13.1. The Bertz CT molecular complexity index is 456. The van der Waals surface area contributed by atoms with Crippen molar-refractivity contribution >= 4 is 26.2 Å². The average molecular weight is 312 g/mol. The molecule has 0 radical (unpaired) electrons. The van der Waals surface area contributed by atoms with Crippen molar-refractivity contribution in [1.82, 2.24) is 4.98 Å². The van der Waals surface area contributed by atoms with Crippen LogP contribution >= 0.6 is 15.9 Å². The first-order valence-electron chi connectivity index (χ1n) is 4.20. The van der Waals surface area contributed by atoms with Crippen LogP contribution in [0.3, 0.4) is 0 Å². The maximum atomic E-state index is 12.8. The molecule has 0 saturated carbocycles. The summed E-state index contributed by atoms with van der Waals surface area (Å²) in [6.07, 6.45) is -2.83. The van der Waals surface area contributed by atoms with Gasteiger partial charge in [-0.25, -0.2) is 4.39 Å². The van der Waals surface area contributed by atoms with E-state index >= 15 is 0 Å². The molecule has 0 aliphatic rings. The van der Waals surface area contributed by atoms with Crippen LogP contribution in [-0.2, 0) is 6.18 Å².